The number of hydrogen-bond donors (Lipinski definition) is 1. The van der Waals surface area contributed by atoms with Gasteiger partial charge in [-0.3, -0.25) is 19.8 Å². The summed E-state index contributed by atoms with van der Waals surface area (Å²) in [6.07, 6.45) is 4.64. The molecule has 1 aromatic carbocycles. The smallest absolute Gasteiger partial charge is 0.265 e. The van der Waals surface area contributed by atoms with Crippen molar-refractivity contribution in [3.8, 4) is 0 Å². The van der Waals surface area contributed by atoms with Crippen LogP contribution in [0.1, 0.15) is 31.9 Å². The predicted octanol–water partition coefficient (Wildman–Crippen LogP) is 2.87. The Kier molecular flexibility index (Phi) is 4.24. The SMILES string of the molecule is CC[C@H](C)n1cc(/C=C2\C(=O)NC(=S)N(C)C2=O)c2ccccc21. The van der Waals surface area contributed by atoms with Gasteiger partial charge >= 0.3 is 0 Å². The highest BCUT2D eigenvalue weighted by Crippen LogP contribution is 2.28. The van der Waals surface area contributed by atoms with Crippen LogP contribution in [0.15, 0.2) is 36.0 Å². The standard InChI is InChI=1S/C18H19N3O2S/c1-4-11(2)21-10-12(13-7-5-6-8-15(13)21)9-14-16(22)19-18(24)20(3)17(14)23/h5-11H,4H2,1-3H3,(H,19,22,24)/b14-9+/t11-/m0/s1. The van der Waals surface area contributed by atoms with E-state index in [0.29, 0.717) is 6.04 Å². The molecular weight excluding hydrogens is 322 g/mol. The van der Waals surface area contributed by atoms with Gasteiger partial charge in [-0.05, 0) is 37.7 Å². The number of amides is 2. The van der Waals surface area contributed by atoms with Crippen LogP contribution in [-0.4, -0.2) is 33.4 Å². The molecule has 3 rings (SSSR count). The lowest BCUT2D eigenvalue weighted by molar-refractivity contribution is -0.128. The van der Waals surface area contributed by atoms with Crippen molar-refractivity contribution < 1.29 is 9.59 Å². The zero-order valence-electron chi connectivity index (χ0n) is 13.9. The lowest BCUT2D eigenvalue weighted by Crippen LogP contribution is -2.52. The first-order valence-corrected chi connectivity index (χ1v) is 8.29. The fourth-order valence-corrected chi connectivity index (χ4v) is 2.98. The van der Waals surface area contributed by atoms with Crippen LogP contribution in [0, 0.1) is 0 Å². The van der Waals surface area contributed by atoms with Gasteiger partial charge in [0, 0.05) is 35.8 Å². The quantitative estimate of drug-likeness (QED) is 0.531. The van der Waals surface area contributed by atoms with Crippen LogP contribution >= 0.6 is 12.2 Å². The number of rotatable bonds is 3. The first-order valence-electron chi connectivity index (χ1n) is 7.88. The van der Waals surface area contributed by atoms with E-state index in [2.05, 4.69) is 23.7 Å². The van der Waals surface area contributed by atoms with Crippen LogP contribution < -0.4 is 5.32 Å². The van der Waals surface area contributed by atoms with Crippen molar-refractivity contribution >= 4 is 46.1 Å². The van der Waals surface area contributed by atoms with Crippen molar-refractivity contribution in [2.75, 3.05) is 7.05 Å². The van der Waals surface area contributed by atoms with E-state index in [1.54, 1.807) is 13.1 Å². The summed E-state index contributed by atoms with van der Waals surface area (Å²) < 4.78 is 2.18. The molecule has 0 saturated carbocycles. The van der Waals surface area contributed by atoms with Crippen LogP contribution in [0.25, 0.3) is 17.0 Å². The molecule has 0 unspecified atom stereocenters. The molecule has 6 heteroatoms. The minimum atomic E-state index is -0.455. The number of carbonyl (C=O) groups excluding carboxylic acids is 2. The van der Waals surface area contributed by atoms with Gasteiger partial charge in [0.05, 0.1) is 0 Å². The van der Waals surface area contributed by atoms with Crippen molar-refractivity contribution in [1.29, 1.82) is 0 Å². The molecule has 1 atom stereocenters. The number of benzene rings is 1. The number of thiocarbonyl (C=S) groups is 1. The zero-order chi connectivity index (χ0) is 17.4. The van der Waals surface area contributed by atoms with Crippen LogP contribution in [-0.2, 0) is 9.59 Å². The Hall–Kier alpha value is -2.47. The Bertz CT molecular complexity index is 882. The monoisotopic (exact) mass is 341 g/mol. The molecule has 2 aromatic rings. The van der Waals surface area contributed by atoms with Crippen molar-refractivity contribution in [3.63, 3.8) is 0 Å². The zero-order valence-corrected chi connectivity index (χ0v) is 14.7. The van der Waals surface area contributed by atoms with Gasteiger partial charge in [-0.25, -0.2) is 0 Å². The number of likely N-dealkylation sites (N-methyl/N-ethyl adjacent to an activating group) is 1. The van der Waals surface area contributed by atoms with E-state index >= 15 is 0 Å². The second-order valence-electron chi connectivity index (χ2n) is 5.95. The highest BCUT2D eigenvalue weighted by atomic mass is 32.1. The van der Waals surface area contributed by atoms with Crippen LogP contribution in [0.2, 0.25) is 0 Å². The molecule has 124 valence electrons. The number of nitrogens with one attached hydrogen (secondary N) is 1. The molecule has 0 bridgehead atoms. The minimum absolute atomic E-state index is 0.0955. The number of hydrogen-bond acceptors (Lipinski definition) is 3. The third-order valence-corrected chi connectivity index (χ3v) is 4.82. The largest absolute Gasteiger partial charge is 0.344 e. The maximum atomic E-state index is 12.4. The number of carbonyl (C=O) groups is 2. The number of nitrogens with zero attached hydrogens (tertiary/aromatic N) is 2. The van der Waals surface area contributed by atoms with Gasteiger partial charge in [0.15, 0.2) is 5.11 Å². The average molecular weight is 341 g/mol. The molecular formula is C18H19N3O2S. The second kappa shape index (κ2) is 6.20. The fraction of sp³-hybridized carbons (Fsp3) is 0.278. The van der Waals surface area contributed by atoms with Crippen LogP contribution in [0.5, 0.6) is 0 Å². The van der Waals surface area contributed by atoms with Gasteiger partial charge in [0.25, 0.3) is 11.8 Å². The summed E-state index contributed by atoms with van der Waals surface area (Å²) in [6, 6.07) is 8.32. The maximum Gasteiger partial charge on any atom is 0.265 e. The molecule has 0 spiro atoms. The van der Waals surface area contributed by atoms with Gasteiger partial charge in [0.1, 0.15) is 5.57 Å². The summed E-state index contributed by atoms with van der Waals surface area (Å²) in [4.78, 5) is 25.8. The molecule has 0 aliphatic carbocycles. The normalized spacial score (nSPS) is 18.4. The van der Waals surface area contributed by atoms with Crippen molar-refractivity contribution in [2.24, 2.45) is 0 Å². The predicted molar refractivity (Wildman–Crippen MR) is 98.4 cm³/mol. The van der Waals surface area contributed by atoms with Gasteiger partial charge in [-0.1, -0.05) is 25.1 Å². The van der Waals surface area contributed by atoms with Gasteiger partial charge in [0.2, 0.25) is 0 Å². The highest BCUT2D eigenvalue weighted by molar-refractivity contribution is 7.80. The second-order valence-corrected chi connectivity index (χ2v) is 6.33. The van der Waals surface area contributed by atoms with Crippen LogP contribution in [0.3, 0.4) is 0 Å². The summed E-state index contributed by atoms with van der Waals surface area (Å²) in [5.41, 5.74) is 2.04. The number of aromatic nitrogens is 1. The summed E-state index contributed by atoms with van der Waals surface area (Å²) in [5, 5.41) is 3.69. The van der Waals surface area contributed by atoms with Gasteiger partial charge in [-0.15, -0.1) is 0 Å². The van der Waals surface area contributed by atoms with E-state index in [9.17, 15) is 9.59 Å². The van der Waals surface area contributed by atoms with E-state index in [4.69, 9.17) is 12.2 Å². The number of fused-ring (bicyclic) bond motifs is 1. The Labute approximate surface area is 145 Å². The van der Waals surface area contributed by atoms with Crippen molar-refractivity contribution in [1.82, 2.24) is 14.8 Å². The van der Waals surface area contributed by atoms with E-state index < -0.39 is 5.91 Å². The van der Waals surface area contributed by atoms with Crippen LogP contribution in [0.4, 0.5) is 0 Å². The molecule has 2 heterocycles. The molecule has 1 fully saturated rings. The lowest BCUT2D eigenvalue weighted by atomic mass is 10.1. The molecule has 5 nitrogen and oxygen atoms in total. The minimum Gasteiger partial charge on any atom is -0.344 e. The average Bonchev–Trinajstić information content (AvgIpc) is 2.95. The Balaban J connectivity index is 2.15. The Morgan fingerprint density at radius 3 is 2.71 bits per heavy atom. The Morgan fingerprint density at radius 2 is 2.00 bits per heavy atom. The van der Waals surface area contributed by atoms with Gasteiger partial charge < -0.3 is 4.57 Å². The van der Waals surface area contributed by atoms with E-state index in [1.807, 2.05) is 30.5 Å². The Morgan fingerprint density at radius 1 is 1.29 bits per heavy atom. The molecule has 1 aromatic heterocycles. The topological polar surface area (TPSA) is 54.3 Å². The van der Waals surface area contributed by atoms with Gasteiger partial charge in [-0.2, -0.15) is 0 Å². The summed E-state index contributed by atoms with van der Waals surface area (Å²) >= 11 is 4.97. The molecule has 24 heavy (non-hydrogen) atoms. The van der Waals surface area contributed by atoms with E-state index in [-0.39, 0.29) is 16.6 Å². The van der Waals surface area contributed by atoms with E-state index in [0.717, 1.165) is 22.9 Å². The van der Waals surface area contributed by atoms with Crippen molar-refractivity contribution in [2.45, 2.75) is 26.3 Å². The highest BCUT2D eigenvalue weighted by Gasteiger charge is 2.31. The van der Waals surface area contributed by atoms with E-state index in [1.165, 1.54) is 4.90 Å². The van der Waals surface area contributed by atoms with Crippen molar-refractivity contribution in [3.05, 3.63) is 41.6 Å². The molecule has 2 amide bonds. The summed E-state index contributed by atoms with van der Waals surface area (Å²) in [5.74, 6) is -0.840. The lowest BCUT2D eigenvalue weighted by Gasteiger charge is -2.24. The molecule has 1 N–H and O–H groups in total. The summed E-state index contributed by atoms with van der Waals surface area (Å²) in [7, 11) is 1.56. The maximum absolute atomic E-state index is 12.4. The molecule has 1 saturated heterocycles. The molecule has 1 aliphatic heterocycles. The first-order chi connectivity index (χ1) is 11.4. The first kappa shape index (κ1) is 16.4. The molecule has 1 aliphatic rings. The fourth-order valence-electron chi connectivity index (χ4n) is 2.81. The molecule has 0 radical (unpaired) electrons. The summed E-state index contributed by atoms with van der Waals surface area (Å²) in [6.45, 7) is 4.28. The third kappa shape index (κ3) is 2.63. The third-order valence-electron chi connectivity index (χ3n) is 4.44. The number of para-hydroxylation sites is 1.